The van der Waals surface area contributed by atoms with Crippen LogP contribution >= 0.6 is 27.5 Å². The normalized spacial score (nSPS) is 14.2. The van der Waals surface area contributed by atoms with Crippen molar-refractivity contribution in [3.05, 3.63) is 31.6 Å². The fraction of sp³-hybridized carbons (Fsp3) is 0.143. The van der Waals surface area contributed by atoms with Crippen LogP contribution in [0, 0.1) is 0 Å². The van der Waals surface area contributed by atoms with E-state index in [9.17, 15) is 9.59 Å². The maximum Gasteiger partial charge on any atom is 0.271 e. The summed E-state index contributed by atoms with van der Waals surface area (Å²) < 4.78 is 1.66. The van der Waals surface area contributed by atoms with Crippen molar-refractivity contribution in [1.82, 2.24) is 9.88 Å². The van der Waals surface area contributed by atoms with Gasteiger partial charge in [-0.05, 0) is 22.0 Å². The molecule has 1 aromatic heterocycles. The molecule has 0 radical (unpaired) electrons. The van der Waals surface area contributed by atoms with E-state index in [4.69, 9.17) is 11.6 Å². The minimum atomic E-state index is -0.311. The smallest absolute Gasteiger partial charge is 0.271 e. The van der Waals surface area contributed by atoms with Crippen LogP contribution in [0.3, 0.4) is 0 Å². The zero-order valence-corrected chi connectivity index (χ0v) is 8.65. The molecular formula is C7H4BrClN2O2. The van der Waals surface area contributed by atoms with Crippen molar-refractivity contribution >= 4 is 33.4 Å². The highest BCUT2D eigenvalue weighted by Gasteiger charge is 2.23. The van der Waals surface area contributed by atoms with Gasteiger partial charge >= 0.3 is 0 Å². The standard InChI is InChI=1S/C7H4BrClN2O2/c8-3-1-4(9)5-6(12)10-2-11(5)7(3)13/h1H,2H2,(H,10,12). The van der Waals surface area contributed by atoms with Crippen molar-refractivity contribution in [2.24, 2.45) is 0 Å². The predicted octanol–water partition coefficient (Wildman–Crippen LogP) is 0.965. The summed E-state index contributed by atoms with van der Waals surface area (Å²) in [4.78, 5) is 22.6. The summed E-state index contributed by atoms with van der Waals surface area (Å²) >= 11 is 8.85. The largest absolute Gasteiger partial charge is 0.333 e. The van der Waals surface area contributed by atoms with Crippen molar-refractivity contribution in [2.45, 2.75) is 6.67 Å². The quantitative estimate of drug-likeness (QED) is 0.758. The fourth-order valence-electron chi connectivity index (χ4n) is 1.22. The summed E-state index contributed by atoms with van der Waals surface area (Å²) in [6, 6.07) is 1.43. The Bertz CT molecular complexity index is 455. The number of nitrogens with one attached hydrogen (secondary N) is 1. The van der Waals surface area contributed by atoms with E-state index in [1.165, 1.54) is 10.6 Å². The first-order valence-electron chi connectivity index (χ1n) is 3.48. The maximum atomic E-state index is 11.4. The van der Waals surface area contributed by atoms with Crippen LogP contribution in [0.25, 0.3) is 0 Å². The lowest BCUT2D eigenvalue weighted by Crippen LogP contribution is -2.21. The van der Waals surface area contributed by atoms with E-state index in [2.05, 4.69) is 21.2 Å². The molecule has 0 saturated carbocycles. The number of carbonyl (C=O) groups excluding carboxylic acids is 1. The summed E-state index contributed by atoms with van der Waals surface area (Å²) in [6.07, 6.45) is 0. The topological polar surface area (TPSA) is 51.1 Å². The molecule has 0 spiro atoms. The number of hydrogen-bond acceptors (Lipinski definition) is 2. The summed E-state index contributed by atoms with van der Waals surface area (Å²) in [6.45, 7) is 0.187. The zero-order chi connectivity index (χ0) is 9.59. The minimum Gasteiger partial charge on any atom is -0.333 e. The van der Waals surface area contributed by atoms with Crippen LogP contribution in [0.5, 0.6) is 0 Å². The lowest BCUT2D eigenvalue weighted by atomic mass is 10.3. The van der Waals surface area contributed by atoms with Crippen molar-refractivity contribution in [1.29, 1.82) is 0 Å². The Morgan fingerprint density at radius 3 is 2.92 bits per heavy atom. The van der Waals surface area contributed by atoms with E-state index in [1.807, 2.05) is 0 Å². The third-order valence-electron chi connectivity index (χ3n) is 1.81. The molecule has 1 aliphatic heterocycles. The Labute approximate surface area is 86.6 Å². The lowest BCUT2D eigenvalue weighted by Gasteiger charge is -2.01. The number of rotatable bonds is 0. The molecule has 1 aliphatic rings. The Morgan fingerprint density at radius 1 is 1.54 bits per heavy atom. The fourth-order valence-corrected chi connectivity index (χ4v) is 2.09. The second kappa shape index (κ2) is 2.85. The highest BCUT2D eigenvalue weighted by Crippen LogP contribution is 2.20. The summed E-state index contributed by atoms with van der Waals surface area (Å²) in [5.74, 6) is -0.311. The highest BCUT2D eigenvalue weighted by atomic mass is 79.9. The molecule has 0 saturated heterocycles. The van der Waals surface area contributed by atoms with E-state index in [0.717, 1.165) is 0 Å². The van der Waals surface area contributed by atoms with Gasteiger partial charge in [-0.1, -0.05) is 11.6 Å². The first kappa shape index (κ1) is 8.77. The molecule has 1 aromatic rings. The number of amides is 1. The van der Waals surface area contributed by atoms with Gasteiger partial charge in [0.25, 0.3) is 11.5 Å². The van der Waals surface area contributed by atoms with Crippen molar-refractivity contribution in [3.63, 3.8) is 0 Å². The molecule has 0 aromatic carbocycles. The first-order valence-corrected chi connectivity index (χ1v) is 4.65. The Balaban J connectivity index is 2.84. The highest BCUT2D eigenvalue weighted by molar-refractivity contribution is 9.10. The number of fused-ring (bicyclic) bond motifs is 1. The van der Waals surface area contributed by atoms with Gasteiger partial charge in [-0.3, -0.25) is 14.2 Å². The Morgan fingerprint density at radius 2 is 2.23 bits per heavy atom. The third kappa shape index (κ3) is 1.19. The van der Waals surface area contributed by atoms with E-state index in [-0.39, 0.29) is 28.9 Å². The van der Waals surface area contributed by atoms with Crippen LogP contribution < -0.4 is 10.9 Å². The van der Waals surface area contributed by atoms with Gasteiger partial charge in [0, 0.05) is 0 Å². The number of aromatic nitrogens is 1. The van der Waals surface area contributed by atoms with Gasteiger partial charge < -0.3 is 5.32 Å². The number of carbonyl (C=O) groups is 1. The second-order valence-corrected chi connectivity index (χ2v) is 3.85. The lowest BCUT2D eigenvalue weighted by molar-refractivity contribution is 0.0966. The molecule has 0 aliphatic carbocycles. The second-order valence-electron chi connectivity index (χ2n) is 2.59. The number of hydrogen-bond donors (Lipinski definition) is 1. The van der Waals surface area contributed by atoms with Crippen LogP contribution in [-0.4, -0.2) is 10.5 Å². The van der Waals surface area contributed by atoms with Crippen LogP contribution in [0.15, 0.2) is 15.3 Å². The number of pyridine rings is 1. The third-order valence-corrected chi connectivity index (χ3v) is 2.67. The molecule has 1 N–H and O–H groups in total. The van der Waals surface area contributed by atoms with Crippen molar-refractivity contribution < 1.29 is 4.79 Å². The van der Waals surface area contributed by atoms with Gasteiger partial charge in [0.15, 0.2) is 0 Å². The van der Waals surface area contributed by atoms with Gasteiger partial charge in [-0.25, -0.2) is 0 Å². The minimum absolute atomic E-state index is 0.187. The van der Waals surface area contributed by atoms with Gasteiger partial charge in [-0.2, -0.15) is 0 Å². The monoisotopic (exact) mass is 262 g/mol. The van der Waals surface area contributed by atoms with E-state index in [1.54, 1.807) is 0 Å². The van der Waals surface area contributed by atoms with Gasteiger partial charge in [0.1, 0.15) is 5.69 Å². The van der Waals surface area contributed by atoms with Crippen LogP contribution in [0.1, 0.15) is 10.5 Å². The predicted molar refractivity (Wildman–Crippen MR) is 50.9 cm³/mol. The summed E-state index contributed by atoms with van der Waals surface area (Å²) in [5, 5.41) is 2.79. The molecule has 68 valence electrons. The van der Waals surface area contributed by atoms with Gasteiger partial charge in [0.05, 0.1) is 16.2 Å². The summed E-state index contributed by atoms with van der Waals surface area (Å²) in [5.41, 5.74) is -0.0207. The van der Waals surface area contributed by atoms with Crippen LogP contribution in [-0.2, 0) is 6.67 Å². The van der Waals surface area contributed by atoms with E-state index in [0.29, 0.717) is 4.47 Å². The molecule has 6 heteroatoms. The van der Waals surface area contributed by atoms with E-state index >= 15 is 0 Å². The first-order chi connectivity index (χ1) is 6.11. The average molecular weight is 263 g/mol. The molecule has 0 atom stereocenters. The van der Waals surface area contributed by atoms with Crippen molar-refractivity contribution in [2.75, 3.05) is 0 Å². The molecule has 4 nitrogen and oxygen atoms in total. The molecule has 0 fully saturated rings. The SMILES string of the molecule is O=C1NCn2c1c(Cl)cc(Br)c2=O. The molecule has 2 rings (SSSR count). The van der Waals surface area contributed by atoms with Crippen LogP contribution in [0.4, 0.5) is 0 Å². The Hall–Kier alpha value is -0.810. The van der Waals surface area contributed by atoms with Gasteiger partial charge in [-0.15, -0.1) is 0 Å². The molecule has 0 bridgehead atoms. The summed E-state index contributed by atoms with van der Waals surface area (Å²) in [7, 11) is 0. The molecule has 0 unspecified atom stereocenters. The number of nitrogens with zero attached hydrogens (tertiary/aromatic N) is 1. The van der Waals surface area contributed by atoms with Gasteiger partial charge in [0.2, 0.25) is 0 Å². The molecule has 1 amide bonds. The Kier molecular flexibility index (Phi) is 1.92. The average Bonchev–Trinajstić information content (AvgIpc) is 2.44. The maximum absolute atomic E-state index is 11.4. The van der Waals surface area contributed by atoms with Crippen molar-refractivity contribution in [3.8, 4) is 0 Å². The molecular weight excluding hydrogens is 259 g/mol. The van der Waals surface area contributed by atoms with Crippen LogP contribution in [0.2, 0.25) is 5.02 Å². The number of halogens is 2. The zero-order valence-electron chi connectivity index (χ0n) is 6.30. The van der Waals surface area contributed by atoms with E-state index < -0.39 is 0 Å². The molecule has 13 heavy (non-hydrogen) atoms. The molecule has 2 heterocycles.